The molecule has 0 radical (unpaired) electrons. The van der Waals surface area contributed by atoms with Gasteiger partial charge in [0.2, 0.25) is 0 Å². The first-order valence-corrected chi connectivity index (χ1v) is 7.96. The lowest BCUT2D eigenvalue weighted by atomic mass is 9.78. The number of thiocarbonyl (C=S) groups is 1. The summed E-state index contributed by atoms with van der Waals surface area (Å²) >= 11 is 5.03. The van der Waals surface area contributed by atoms with E-state index in [1.807, 2.05) is 6.07 Å². The van der Waals surface area contributed by atoms with Crippen molar-refractivity contribution in [1.29, 1.82) is 0 Å². The summed E-state index contributed by atoms with van der Waals surface area (Å²) in [6.07, 6.45) is 3.92. The fourth-order valence-corrected chi connectivity index (χ4v) is 3.00. The topological polar surface area (TPSA) is 29.3 Å². The third kappa shape index (κ3) is 3.58. The lowest BCUT2D eigenvalue weighted by molar-refractivity contribution is 0.109. The molecule has 3 heteroatoms. The van der Waals surface area contributed by atoms with Crippen LogP contribution in [0.3, 0.4) is 0 Å². The van der Waals surface area contributed by atoms with Crippen LogP contribution in [0.15, 0.2) is 18.2 Å². The van der Waals surface area contributed by atoms with E-state index in [4.69, 9.17) is 18.0 Å². The summed E-state index contributed by atoms with van der Waals surface area (Å²) in [6, 6.07) is 6.33. The molecule has 0 bridgehead atoms. The maximum absolute atomic E-state index is 5.68. The Balaban J connectivity index is 2.00. The zero-order valence-corrected chi connectivity index (χ0v) is 13.7. The molecule has 1 heterocycles. The zero-order chi connectivity index (χ0) is 14.8. The molecule has 1 aliphatic heterocycles. The van der Waals surface area contributed by atoms with Gasteiger partial charge in [-0.05, 0) is 55.5 Å². The molecule has 1 aliphatic rings. The Morgan fingerprint density at radius 2 is 2.00 bits per heavy atom. The number of benzene rings is 1. The van der Waals surface area contributed by atoms with Crippen molar-refractivity contribution in [3.05, 3.63) is 34.9 Å². The van der Waals surface area contributed by atoms with Crippen LogP contribution < -0.4 is 5.73 Å². The van der Waals surface area contributed by atoms with Crippen molar-refractivity contribution in [3.63, 3.8) is 0 Å². The van der Waals surface area contributed by atoms with Gasteiger partial charge >= 0.3 is 0 Å². The summed E-state index contributed by atoms with van der Waals surface area (Å²) in [5, 5.41) is 0. The van der Waals surface area contributed by atoms with Gasteiger partial charge in [0.1, 0.15) is 4.99 Å². The standard InChI is InChI=1S/C17H26N2S/c1-4-17(3)7-9-19(10-8-17)12-15-6-5-14(16(18)20)11-13(15)2/h5-6,11H,4,7-10,12H2,1-3H3,(H2,18,20). The van der Waals surface area contributed by atoms with Crippen molar-refractivity contribution in [1.82, 2.24) is 4.90 Å². The van der Waals surface area contributed by atoms with Crippen LogP contribution in [0.2, 0.25) is 0 Å². The van der Waals surface area contributed by atoms with Crippen LogP contribution in [0, 0.1) is 12.3 Å². The number of nitrogens with two attached hydrogens (primary N) is 1. The van der Waals surface area contributed by atoms with Gasteiger partial charge in [-0.25, -0.2) is 0 Å². The number of aryl methyl sites for hydroxylation is 1. The van der Waals surface area contributed by atoms with Crippen LogP contribution in [0.4, 0.5) is 0 Å². The number of hydrogen-bond acceptors (Lipinski definition) is 2. The molecule has 0 aliphatic carbocycles. The van der Waals surface area contributed by atoms with Gasteiger partial charge in [0.25, 0.3) is 0 Å². The molecule has 20 heavy (non-hydrogen) atoms. The number of rotatable bonds is 4. The molecule has 110 valence electrons. The van der Waals surface area contributed by atoms with E-state index in [1.54, 1.807) is 0 Å². The number of nitrogens with zero attached hydrogens (tertiary/aromatic N) is 1. The fourth-order valence-electron chi connectivity index (χ4n) is 2.87. The molecule has 1 saturated heterocycles. The Labute approximate surface area is 128 Å². The average molecular weight is 290 g/mol. The highest BCUT2D eigenvalue weighted by atomic mass is 32.1. The van der Waals surface area contributed by atoms with E-state index in [0.29, 0.717) is 10.4 Å². The summed E-state index contributed by atoms with van der Waals surface area (Å²) < 4.78 is 0. The van der Waals surface area contributed by atoms with Crippen LogP contribution >= 0.6 is 12.2 Å². The minimum absolute atomic E-state index is 0.483. The third-order valence-electron chi connectivity index (χ3n) is 4.94. The zero-order valence-electron chi connectivity index (χ0n) is 12.9. The number of likely N-dealkylation sites (tertiary alicyclic amines) is 1. The van der Waals surface area contributed by atoms with Crippen molar-refractivity contribution in [2.24, 2.45) is 11.1 Å². The minimum atomic E-state index is 0.483. The smallest absolute Gasteiger partial charge is 0.103 e. The van der Waals surface area contributed by atoms with Crippen molar-refractivity contribution in [2.45, 2.75) is 46.6 Å². The Hall–Kier alpha value is -0.930. The summed E-state index contributed by atoms with van der Waals surface area (Å²) in [5.41, 5.74) is 9.90. The summed E-state index contributed by atoms with van der Waals surface area (Å²) in [4.78, 5) is 3.05. The Kier molecular flexibility index (Phi) is 4.82. The van der Waals surface area contributed by atoms with E-state index < -0.39 is 0 Å². The Morgan fingerprint density at radius 1 is 1.35 bits per heavy atom. The lowest BCUT2D eigenvalue weighted by Crippen LogP contribution is -2.38. The highest BCUT2D eigenvalue weighted by Crippen LogP contribution is 2.34. The van der Waals surface area contributed by atoms with E-state index in [1.165, 1.54) is 43.5 Å². The summed E-state index contributed by atoms with van der Waals surface area (Å²) in [5.74, 6) is 0. The largest absolute Gasteiger partial charge is 0.389 e. The fraction of sp³-hybridized carbons (Fsp3) is 0.588. The molecule has 0 unspecified atom stereocenters. The molecule has 2 N–H and O–H groups in total. The SMILES string of the molecule is CCC1(C)CCN(Cc2ccc(C(N)=S)cc2C)CC1. The van der Waals surface area contributed by atoms with Gasteiger partial charge in [0.15, 0.2) is 0 Å². The van der Waals surface area contributed by atoms with Gasteiger partial charge in [-0.1, -0.05) is 44.6 Å². The maximum atomic E-state index is 5.68. The first-order valence-electron chi connectivity index (χ1n) is 7.55. The second-order valence-electron chi connectivity index (χ2n) is 6.45. The lowest BCUT2D eigenvalue weighted by Gasteiger charge is -2.39. The van der Waals surface area contributed by atoms with E-state index in [9.17, 15) is 0 Å². The monoisotopic (exact) mass is 290 g/mol. The van der Waals surface area contributed by atoms with Gasteiger partial charge < -0.3 is 5.73 Å². The Morgan fingerprint density at radius 3 is 2.50 bits per heavy atom. The van der Waals surface area contributed by atoms with Crippen LogP contribution in [0.1, 0.15) is 49.8 Å². The molecule has 0 aromatic heterocycles. The van der Waals surface area contributed by atoms with Crippen LogP contribution in [-0.2, 0) is 6.54 Å². The first-order chi connectivity index (χ1) is 9.43. The maximum Gasteiger partial charge on any atom is 0.103 e. The van der Waals surface area contributed by atoms with Crippen LogP contribution in [0.5, 0.6) is 0 Å². The van der Waals surface area contributed by atoms with E-state index in [-0.39, 0.29) is 0 Å². The van der Waals surface area contributed by atoms with Crippen LogP contribution in [-0.4, -0.2) is 23.0 Å². The summed E-state index contributed by atoms with van der Waals surface area (Å²) in [6.45, 7) is 10.4. The molecular weight excluding hydrogens is 264 g/mol. The second kappa shape index (κ2) is 6.23. The normalized spacial score (nSPS) is 18.9. The molecule has 1 fully saturated rings. The predicted molar refractivity (Wildman–Crippen MR) is 90.0 cm³/mol. The van der Waals surface area contributed by atoms with Gasteiger partial charge in [-0.2, -0.15) is 0 Å². The van der Waals surface area contributed by atoms with Gasteiger partial charge in [0, 0.05) is 12.1 Å². The van der Waals surface area contributed by atoms with Crippen LogP contribution in [0.25, 0.3) is 0 Å². The molecule has 0 saturated carbocycles. The number of hydrogen-bond donors (Lipinski definition) is 1. The van der Waals surface area contributed by atoms with Gasteiger partial charge in [-0.3, -0.25) is 4.90 Å². The molecule has 0 spiro atoms. The molecule has 0 amide bonds. The summed E-state index contributed by atoms with van der Waals surface area (Å²) in [7, 11) is 0. The van der Waals surface area contributed by atoms with E-state index >= 15 is 0 Å². The van der Waals surface area contributed by atoms with E-state index in [0.717, 1.165) is 12.1 Å². The second-order valence-corrected chi connectivity index (χ2v) is 6.89. The highest BCUT2D eigenvalue weighted by Gasteiger charge is 2.28. The van der Waals surface area contributed by atoms with Crippen molar-refractivity contribution < 1.29 is 0 Å². The number of piperidine rings is 1. The molecule has 0 atom stereocenters. The first kappa shape index (κ1) is 15.5. The quantitative estimate of drug-likeness (QED) is 0.858. The third-order valence-corrected chi connectivity index (χ3v) is 5.17. The Bertz CT molecular complexity index is 488. The molecule has 2 nitrogen and oxygen atoms in total. The van der Waals surface area contributed by atoms with Crippen molar-refractivity contribution in [3.8, 4) is 0 Å². The molecule has 2 rings (SSSR count). The predicted octanol–water partition coefficient (Wildman–Crippen LogP) is 3.64. The highest BCUT2D eigenvalue weighted by molar-refractivity contribution is 7.80. The molecule has 1 aromatic carbocycles. The van der Waals surface area contributed by atoms with E-state index in [2.05, 4.69) is 37.8 Å². The molecule has 1 aromatic rings. The van der Waals surface area contributed by atoms with Gasteiger partial charge in [-0.15, -0.1) is 0 Å². The van der Waals surface area contributed by atoms with Gasteiger partial charge in [0.05, 0.1) is 0 Å². The average Bonchev–Trinajstić information content (AvgIpc) is 2.43. The molecular formula is C17H26N2S. The van der Waals surface area contributed by atoms with Crippen molar-refractivity contribution in [2.75, 3.05) is 13.1 Å². The minimum Gasteiger partial charge on any atom is -0.389 e. The van der Waals surface area contributed by atoms with Crippen molar-refractivity contribution >= 4 is 17.2 Å².